The molecule has 1 aromatic heterocycles. The molecule has 0 N–H and O–H groups in total. The van der Waals surface area contributed by atoms with Crippen molar-refractivity contribution in [2.45, 2.75) is 12.8 Å². The number of benzene rings is 4. The van der Waals surface area contributed by atoms with Crippen molar-refractivity contribution >= 4 is 44.6 Å². The van der Waals surface area contributed by atoms with E-state index in [1.165, 1.54) is 25.5 Å². The summed E-state index contributed by atoms with van der Waals surface area (Å²) in [5.41, 5.74) is 0.328. The van der Waals surface area contributed by atoms with Crippen molar-refractivity contribution in [1.82, 2.24) is 9.66 Å². The van der Waals surface area contributed by atoms with Crippen LogP contribution in [-0.4, -0.2) is 23.0 Å². The van der Waals surface area contributed by atoms with E-state index in [2.05, 4.69) is 26.0 Å². The van der Waals surface area contributed by atoms with Crippen LogP contribution in [0.4, 0.5) is 13.2 Å². The molecule has 0 radical (unpaired) electrons. The highest BCUT2D eigenvalue weighted by molar-refractivity contribution is 9.10. The highest BCUT2D eigenvalue weighted by Crippen LogP contribution is 2.37. The molecule has 5 rings (SSSR count). The summed E-state index contributed by atoms with van der Waals surface area (Å²) in [7, 11) is 1.48. The summed E-state index contributed by atoms with van der Waals surface area (Å²) in [6, 6.07) is 21.8. The Balaban J connectivity index is 1.56. The lowest BCUT2D eigenvalue weighted by molar-refractivity contribution is -0.137. The van der Waals surface area contributed by atoms with Crippen LogP contribution in [0.15, 0.2) is 99.3 Å². The summed E-state index contributed by atoms with van der Waals surface area (Å²) in [5.74, 6) is 0.774. The van der Waals surface area contributed by atoms with Gasteiger partial charge >= 0.3 is 6.18 Å². The molecule has 0 aliphatic rings. The van der Waals surface area contributed by atoms with Gasteiger partial charge in [0.25, 0.3) is 5.56 Å². The fraction of sp³-hybridized carbons (Fsp3) is 0.100. The maximum atomic E-state index is 13.4. The van der Waals surface area contributed by atoms with Crippen LogP contribution in [0.25, 0.3) is 22.3 Å². The standard InChI is InChI=1S/C30H20BrClF3N3O3/c1-40-26-14-18(13-23(31)27(26)41-17-20-7-2-4-11-24(20)32)16-36-38-28(19-8-6-9-21(15-19)30(33,34)35)37-25-12-5-3-10-22(25)29(38)39/h2-16H,17H2,1H3. The molecule has 0 saturated carbocycles. The highest BCUT2D eigenvalue weighted by Gasteiger charge is 2.31. The highest BCUT2D eigenvalue weighted by atomic mass is 79.9. The number of halogens is 5. The molecule has 208 valence electrons. The first kappa shape index (κ1) is 28.4. The van der Waals surface area contributed by atoms with Crippen LogP contribution in [0.1, 0.15) is 16.7 Å². The first-order chi connectivity index (χ1) is 19.7. The molecule has 0 saturated heterocycles. The molecule has 41 heavy (non-hydrogen) atoms. The topological polar surface area (TPSA) is 65.7 Å². The average molecular weight is 643 g/mol. The molecule has 5 aromatic rings. The molecule has 0 aliphatic carbocycles. The lowest BCUT2D eigenvalue weighted by Crippen LogP contribution is -2.20. The summed E-state index contributed by atoms with van der Waals surface area (Å²) < 4.78 is 53.4. The van der Waals surface area contributed by atoms with E-state index in [0.29, 0.717) is 32.1 Å². The van der Waals surface area contributed by atoms with E-state index in [0.717, 1.165) is 22.4 Å². The number of methoxy groups -OCH3 is 1. The number of aromatic nitrogens is 2. The molecule has 0 bridgehead atoms. The van der Waals surface area contributed by atoms with Crippen LogP contribution in [0.5, 0.6) is 11.5 Å². The van der Waals surface area contributed by atoms with Crippen molar-refractivity contribution in [2.24, 2.45) is 5.10 Å². The summed E-state index contributed by atoms with van der Waals surface area (Å²) in [6.45, 7) is 0.195. The van der Waals surface area contributed by atoms with Gasteiger partial charge in [-0.05, 0) is 64.0 Å². The molecule has 4 aromatic carbocycles. The Hall–Kier alpha value is -4.15. The molecule has 0 atom stereocenters. The first-order valence-corrected chi connectivity index (χ1v) is 13.3. The maximum Gasteiger partial charge on any atom is 0.416 e. The molecule has 6 nitrogen and oxygen atoms in total. The average Bonchev–Trinajstić information content (AvgIpc) is 2.96. The van der Waals surface area contributed by atoms with Gasteiger partial charge in [0.15, 0.2) is 17.3 Å². The summed E-state index contributed by atoms with van der Waals surface area (Å²) >= 11 is 9.73. The van der Waals surface area contributed by atoms with Crippen LogP contribution in [-0.2, 0) is 12.8 Å². The monoisotopic (exact) mass is 641 g/mol. The van der Waals surface area contributed by atoms with Crippen molar-refractivity contribution in [1.29, 1.82) is 0 Å². The Morgan fingerprint density at radius 2 is 1.78 bits per heavy atom. The van der Waals surface area contributed by atoms with Gasteiger partial charge in [-0.2, -0.15) is 22.9 Å². The quantitative estimate of drug-likeness (QED) is 0.169. The van der Waals surface area contributed by atoms with E-state index in [4.69, 9.17) is 21.1 Å². The van der Waals surface area contributed by atoms with Gasteiger partial charge in [-0.3, -0.25) is 4.79 Å². The zero-order valence-corrected chi connectivity index (χ0v) is 23.7. The van der Waals surface area contributed by atoms with Gasteiger partial charge in [0.2, 0.25) is 0 Å². The van der Waals surface area contributed by atoms with E-state index in [9.17, 15) is 18.0 Å². The number of nitrogens with zero attached hydrogens (tertiary/aromatic N) is 3. The Labute approximate surface area is 245 Å². The van der Waals surface area contributed by atoms with Gasteiger partial charge in [0, 0.05) is 16.1 Å². The number of ether oxygens (including phenoxy) is 2. The van der Waals surface area contributed by atoms with Crippen LogP contribution in [0, 0.1) is 0 Å². The lowest BCUT2D eigenvalue weighted by atomic mass is 10.1. The van der Waals surface area contributed by atoms with Crippen molar-refractivity contribution in [3.05, 3.63) is 121 Å². The minimum atomic E-state index is -4.57. The first-order valence-electron chi connectivity index (χ1n) is 12.1. The molecule has 0 fully saturated rings. The molecule has 0 unspecified atom stereocenters. The Morgan fingerprint density at radius 3 is 2.54 bits per heavy atom. The van der Waals surface area contributed by atoms with E-state index in [-0.39, 0.29) is 23.4 Å². The van der Waals surface area contributed by atoms with Crippen LogP contribution < -0.4 is 15.0 Å². The van der Waals surface area contributed by atoms with Crippen molar-refractivity contribution in [2.75, 3.05) is 7.11 Å². The van der Waals surface area contributed by atoms with Gasteiger partial charge in [-0.1, -0.05) is 54.1 Å². The molecule has 11 heteroatoms. The maximum absolute atomic E-state index is 13.4. The molecular weight excluding hydrogens is 623 g/mol. The predicted octanol–water partition coefficient (Wildman–Crippen LogP) is 7.97. The summed E-state index contributed by atoms with van der Waals surface area (Å²) in [5, 5.41) is 5.18. The van der Waals surface area contributed by atoms with Gasteiger partial charge in [0.05, 0.1) is 34.3 Å². The number of hydrogen-bond acceptors (Lipinski definition) is 5. The van der Waals surface area contributed by atoms with Crippen molar-refractivity contribution in [3.63, 3.8) is 0 Å². The zero-order valence-electron chi connectivity index (χ0n) is 21.3. The largest absolute Gasteiger partial charge is 0.493 e. The molecule has 0 aliphatic heterocycles. The third kappa shape index (κ3) is 6.13. The number of alkyl halides is 3. The van der Waals surface area contributed by atoms with Crippen LogP contribution in [0.2, 0.25) is 5.02 Å². The Morgan fingerprint density at radius 1 is 1.02 bits per heavy atom. The summed E-state index contributed by atoms with van der Waals surface area (Å²) in [4.78, 5) is 17.9. The fourth-order valence-electron chi connectivity index (χ4n) is 4.10. The van der Waals surface area contributed by atoms with E-state index >= 15 is 0 Å². The predicted molar refractivity (Wildman–Crippen MR) is 156 cm³/mol. The van der Waals surface area contributed by atoms with Gasteiger partial charge in [0.1, 0.15) is 6.61 Å². The molecule has 0 spiro atoms. The second-order valence-electron chi connectivity index (χ2n) is 8.81. The smallest absolute Gasteiger partial charge is 0.416 e. The van der Waals surface area contributed by atoms with E-state index in [1.807, 2.05) is 18.2 Å². The third-order valence-corrected chi connectivity index (χ3v) is 7.06. The Bertz CT molecular complexity index is 1840. The van der Waals surface area contributed by atoms with Crippen LogP contribution >= 0.6 is 27.5 Å². The normalized spacial score (nSPS) is 11.8. The van der Waals surface area contributed by atoms with Crippen molar-refractivity contribution in [3.8, 4) is 22.9 Å². The molecular formula is C30H20BrClF3N3O3. The number of fused-ring (bicyclic) bond motifs is 1. The lowest BCUT2D eigenvalue weighted by Gasteiger charge is -2.14. The summed E-state index contributed by atoms with van der Waals surface area (Å²) in [6.07, 6.45) is -3.18. The number of para-hydroxylation sites is 1. The SMILES string of the molecule is COc1cc(C=Nn2c(-c3cccc(C(F)(F)F)c3)nc3ccccc3c2=O)cc(Br)c1OCc1ccccc1Cl. The van der Waals surface area contributed by atoms with Gasteiger partial charge in [-0.25, -0.2) is 4.98 Å². The number of rotatable bonds is 7. The minimum absolute atomic E-state index is 0.0400. The van der Waals surface area contributed by atoms with E-state index < -0.39 is 17.3 Å². The van der Waals surface area contributed by atoms with Crippen LogP contribution in [0.3, 0.4) is 0 Å². The van der Waals surface area contributed by atoms with E-state index in [1.54, 1.807) is 42.5 Å². The second kappa shape index (κ2) is 11.8. The zero-order chi connectivity index (χ0) is 29.1. The third-order valence-electron chi connectivity index (χ3n) is 6.11. The van der Waals surface area contributed by atoms with Gasteiger partial charge < -0.3 is 9.47 Å². The van der Waals surface area contributed by atoms with Crippen molar-refractivity contribution < 1.29 is 22.6 Å². The van der Waals surface area contributed by atoms with Gasteiger partial charge in [-0.15, -0.1) is 0 Å². The number of hydrogen-bond donors (Lipinski definition) is 0. The minimum Gasteiger partial charge on any atom is -0.493 e. The fourth-order valence-corrected chi connectivity index (χ4v) is 4.86. The molecule has 0 amide bonds. The second-order valence-corrected chi connectivity index (χ2v) is 10.1. The molecule has 1 heterocycles. The Kier molecular flexibility index (Phi) is 8.14.